The molecule has 0 radical (unpaired) electrons. The van der Waals surface area contributed by atoms with Crippen molar-refractivity contribution < 1.29 is 9.63 Å². The fourth-order valence-electron chi connectivity index (χ4n) is 1.47. The van der Waals surface area contributed by atoms with E-state index in [1.54, 1.807) is 0 Å². The first kappa shape index (κ1) is 12.6. The maximum absolute atomic E-state index is 12.1. The number of thioether (sulfide) groups is 1. The van der Waals surface area contributed by atoms with E-state index in [0.29, 0.717) is 18.3 Å². The molecule has 92 valence electrons. The summed E-state index contributed by atoms with van der Waals surface area (Å²) in [6, 6.07) is 0. The Kier molecular flexibility index (Phi) is 4.20. The lowest BCUT2D eigenvalue weighted by Gasteiger charge is -2.25. The van der Waals surface area contributed by atoms with Gasteiger partial charge in [0.15, 0.2) is 10.9 Å². The van der Waals surface area contributed by atoms with E-state index >= 15 is 0 Å². The zero-order valence-electron chi connectivity index (χ0n) is 9.35. The Bertz CT molecular complexity index is 424. The van der Waals surface area contributed by atoms with E-state index < -0.39 is 0 Å². The summed E-state index contributed by atoms with van der Waals surface area (Å²) in [5, 5.41) is 2.10. The number of rotatable bonds is 2. The van der Waals surface area contributed by atoms with Gasteiger partial charge in [-0.1, -0.05) is 23.4 Å². The van der Waals surface area contributed by atoms with Crippen LogP contribution in [0.25, 0.3) is 0 Å². The van der Waals surface area contributed by atoms with Crippen LogP contribution >= 0.6 is 23.4 Å². The molecule has 7 heteroatoms. The molecule has 0 aliphatic carbocycles. The van der Waals surface area contributed by atoms with Gasteiger partial charge in [-0.05, 0) is 19.1 Å². The van der Waals surface area contributed by atoms with Crippen molar-refractivity contribution in [1.29, 1.82) is 0 Å². The van der Waals surface area contributed by atoms with Crippen LogP contribution in [0, 0.1) is 0 Å². The first-order valence-corrected chi connectivity index (χ1v) is 6.84. The van der Waals surface area contributed by atoms with Crippen LogP contribution in [0.2, 0.25) is 5.02 Å². The second kappa shape index (κ2) is 5.66. The number of amides is 1. The maximum Gasteiger partial charge on any atom is 0.297 e. The number of nitrogens with zero attached hydrogens (tertiary/aromatic N) is 3. The highest BCUT2D eigenvalue weighted by molar-refractivity contribution is 7.98. The minimum absolute atomic E-state index is 0.202. The zero-order valence-corrected chi connectivity index (χ0v) is 10.9. The van der Waals surface area contributed by atoms with Crippen molar-refractivity contribution in [1.82, 2.24) is 15.0 Å². The number of halogens is 1. The summed E-state index contributed by atoms with van der Waals surface area (Å²) in [6.45, 7) is 1.14. The third kappa shape index (κ3) is 2.88. The predicted molar refractivity (Wildman–Crippen MR) is 65.0 cm³/mol. The lowest BCUT2D eigenvalue weighted by Crippen LogP contribution is -2.36. The van der Waals surface area contributed by atoms with Crippen LogP contribution in [0.5, 0.6) is 0 Å². The minimum atomic E-state index is -0.299. The number of hydrogen-bond donors (Lipinski definition) is 0. The van der Waals surface area contributed by atoms with E-state index in [9.17, 15) is 4.79 Å². The van der Waals surface area contributed by atoms with Crippen molar-refractivity contribution in [3.8, 4) is 0 Å². The number of carbonyl (C=O) groups excluding carboxylic acids is 1. The number of hydrogen-bond acceptors (Lipinski definition) is 5. The topological polar surface area (TPSA) is 55.3 Å². The van der Waals surface area contributed by atoms with E-state index in [-0.39, 0.29) is 16.6 Å². The quantitative estimate of drug-likeness (QED) is 0.609. The highest BCUT2D eigenvalue weighted by Crippen LogP contribution is 2.19. The molecule has 1 amide bonds. The Labute approximate surface area is 108 Å². The van der Waals surface area contributed by atoms with Crippen molar-refractivity contribution in [3.05, 3.63) is 16.9 Å². The van der Waals surface area contributed by atoms with Crippen LogP contribution in [0.4, 0.5) is 0 Å². The molecule has 0 unspecified atom stereocenters. The molecule has 5 nitrogen and oxygen atoms in total. The normalized spacial score (nSPS) is 16.0. The van der Waals surface area contributed by atoms with Gasteiger partial charge in [-0.3, -0.25) is 9.63 Å². The van der Waals surface area contributed by atoms with Gasteiger partial charge in [0.2, 0.25) is 0 Å². The van der Waals surface area contributed by atoms with Gasteiger partial charge in [0, 0.05) is 6.54 Å². The average Bonchev–Trinajstić information content (AvgIpc) is 2.39. The minimum Gasteiger partial charge on any atom is -0.271 e. The predicted octanol–water partition coefficient (Wildman–Crippen LogP) is 2.02. The van der Waals surface area contributed by atoms with Crippen LogP contribution in [0.3, 0.4) is 0 Å². The Morgan fingerprint density at radius 3 is 3.06 bits per heavy atom. The molecular weight excluding hydrogens is 262 g/mol. The van der Waals surface area contributed by atoms with Crippen LogP contribution in [0.15, 0.2) is 11.4 Å². The molecule has 17 heavy (non-hydrogen) atoms. The number of carbonyl (C=O) groups is 1. The lowest BCUT2D eigenvalue weighted by atomic mass is 10.3. The summed E-state index contributed by atoms with van der Waals surface area (Å²) in [7, 11) is 0. The van der Waals surface area contributed by atoms with Gasteiger partial charge in [0.05, 0.1) is 17.8 Å². The molecule has 0 aromatic carbocycles. The fraction of sp³-hybridized carbons (Fsp3) is 0.500. The van der Waals surface area contributed by atoms with Crippen molar-refractivity contribution in [2.45, 2.75) is 18.0 Å². The highest BCUT2D eigenvalue weighted by Gasteiger charge is 2.23. The standard InChI is InChI=1S/C10H12ClN3O2S/c1-17-10-12-6-7(11)8(13-10)9(15)14-4-2-3-5-16-14/h6H,2-5H2,1H3. The maximum atomic E-state index is 12.1. The third-order valence-electron chi connectivity index (χ3n) is 2.34. The van der Waals surface area contributed by atoms with E-state index in [1.165, 1.54) is 23.0 Å². The molecule has 0 atom stereocenters. The van der Waals surface area contributed by atoms with Gasteiger partial charge >= 0.3 is 0 Å². The molecule has 0 saturated carbocycles. The molecule has 1 aromatic rings. The largest absolute Gasteiger partial charge is 0.297 e. The molecule has 1 fully saturated rings. The monoisotopic (exact) mass is 273 g/mol. The molecule has 2 heterocycles. The van der Waals surface area contributed by atoms with Crippen molar-refractivity contribution >= 4 is 29.3 Å². The summed E-state index contributed by atoms with van der Waals surface area (Å²) >= 11 is 7.29. The van der Waals surface area contributed by atoms with Crippen LogP contribution in [0.1, 0.15) is 23.3 Å². The first-order valence-electron chi connectivity index (χ1n) is 5.23. The summed E-state index contributed by atoms with van der Waals surface area (Å²) < 4.78 is 0. The molecule has 0 bridgehead atoms. The summed E-state index contributed by atoms with van der Waals surface area (Å²) in [5.41, 5.74) is 0.202. The van der Waals surface area contributed by atoms with Crippen LogP contribution in [-0.2, 0) is 4.84 Å². The second-order valence-electron chi connectivity index (χ2n) is 3.50. The zero-order chi connectivity index (χ0) is 12.3. The lowest BCUT2D eigenvalue weighted by molar-refractivity contribution is -0.144. The van der Waals surface area contributed by atoms with Gasteiger partial charge in [-0.25, -0.2) is 15.0 Å². The molecular formula is C10H12ClN3O2S. The molecule has 1 aliphatic rings. The number of hydroxylamine groups is 2. The fourth-order valence-corrected chi connectivity index (χ4v) is 1.99. The first-order chi connectivity index (χ1) is 8.22. The van der Waals surface area contributed by atoms with Crippen molar-refractivity contribution in [3.63, 3.8) is 0 Å². The Morgan fingerprint density at radius 1 is 1.59 bits per heavy atom. The van der Waals surface area contributed by atoms with Crippen LogP contribution in [-0.4, -0.2) is 40.3 Å². The molecule has 0 spiro atoms. The highest BCUT2D eigenvalue weighted by atomic mass is 35.5. The average molecular weight is 274 g/mol. The van der Waals surface area contributed by atoms with E-state index in [4.69, 9.17) is 16.4 Å². The van der Waals surface area contributed by atoms with Crippen molar-refractivity contribution in [2.75, 3.05) is 19.4 Å². The van der Waals surface area contributed by atoms with E-state index in [1.807, 2.05) is 6.26 Å². The summed E-state index contributed by atoms with van der Waals surface area (Å²) in [6.07, 6.45) is 5.19. The van der Waals surface area contributed by atoms with E-state index in [2.05, 4.69) is 9.97 Å². The van der Waals surface area contributed by atoms with Gasteiger partial charge in [0.25, 0.3) is 5.91 Å². The van der Waals surface area contributed by atoms with Crippen LogP contribution < -0.4 is 0 Å². The third-order valence-corrected chi connectivity index (χ3v) is 3.17. The summed E-state index contributed by atoms with van der Waals surface area (Å²) in [5.74, 6) is -0.299. The Hall–Kier alpha value is -0.850. The van der Waals surface area contributed by atoms with Gasteiger partial charge in [-0.15, -0.1) is 0 Å². The van der Waals surface area contributed by atoms with E-state index in [0.717, 1.165) is 12.8 Å². The molecule has 1 saturated heterocycles. The Morgan fingerprint density at radius 2 is 2.41 bits per heavy atom. The van der Waals surface area contributed by atoms with Gasteiger partial charge < -0.3 is 0 Å². The number of aromatic nitrogens is 2. The molecule has 2 rings (SSSR count). The second-order valence-corrected chi connectivity index (χ2v) is 4.68. The molecule has 0 N–H and O–H groups in total. The Balaban J connectivity index is 2.22. The molecule has 1 aromatic heterocycles. The smallest absolute Gasteiger partial charge is 0.271 e. The van der Waals surface area contributed by atoms with Crippen molar-refractivity contribution in [2.24, 2.45) is 0 Å². The molecule has 1 aliphatic heterocycles. The van der Waals surface area contributed by atoms with Gasteiger partial charge in [0.1, 0.15) is 0 Å². The SMILES string of the molecule is CSc1ncc(Cl)c(C(=O)N2CCCCO2)n1. The summed E-state index contributed by atoms with van der Waals surface area (Å²) in [4.78, 5) is 25.5. The van der Waals surface area contributed by atoms with Gasteiger partial charge in [-0.2, -0.15) is 0 Å².